The Morgan fingerprint density at radius 3 is 2.24 bits per heavy atom. The molecule has 1 aliphatic heterocycles. The molecule has 1 atom stereocenters. The number of alkyl halides is 3. The highest BCUT2D eigenvalue weighted by atomic mass is 19.4. The maximum Gasteiger partial charge on any atom is 0.416 e. The summed E-state index contributed by atoms with van der Waals surface area (Å²) in [4.78, 5) is 26.2. The predicted octanol–water partition coefficient (Wildman–Crippen LogP) is 5.56. The Morgan fingerprint density at radius 2 is 1.63 bits per heavy atom. The van der Waals surface area contributed by atoms with Gasteiger partial charge in [0, 0.05) is 31.9 Å². The molecule has 0 bridgehead atoms. The molecular formula is C28H30F3N5O2. The first kappa shape index (κ1) is 27.2. The Morgan fingerprint density at radius 1 is 1.00 bits per heavy atom. The summed E-state index contributed by atoms with van der Waals surface area (Å²) in [6, 6.07) is 14.5. The van der Waals surface area contributed by atoms with Crippen molar-refractivity contribution in [1.82, 2.24) is 9.97 Å². The van der Waals surface area contributed by atoms with Crippen LogP contribution in [0.5, 0.6) is 0 Å². The smallest absolute Gasteiger partial charge is 0.416 e. The van der Waals surface area contributed by atoms with Crippen LogP contribution in [-0.4, -0.2) is 48.7 Å². The molecule has 0 N–H and O–H groups in total. The Balaban J connectivity index is 1.59. The van der Waals surface area contributed by atoms with Crippen molar-refractivity contribution in [3.63, 3.8) is 0 Å². The van der Waals surface area contributed by atoms with E-state index in [0.29, 0.717) is 48.7 Å². The van der Waals surface area contributed by atoms with E-state index in [2.05, 4.69) is 11.1 Å². The molecule has 38 heavy (non-hydrogen) atoms. The van der Waals surface area contributed by atoms with Gasteiger partial charge in [-0.2, -0.15) is 18.4 Å². The van der Waals surface area contributed by atoms with Gasteiger partial charge in [0.1, 0.15) is 5.69 Å². The highest BCUT2D eigenvalue weighted by Crippen LogP contribution is 2.33. The molecule has 1 aromatic heterocycles. The minimum atomic E-state index is -4.41. The van der Waals surface area contributed by atoms with Crippen molar-refractivity contribution in [2.75, 3.05) is 42.6 Å². The Kier molecular flexibility index (Phi) is 8.35. The van der Waals surface area contributed by atoms with Gasteiger partial charge in [0.05, 0.1) is 29.3 Å². The highest BCUT2D eigenvalue weighted by Gasteiger charge is 2.33. The maximum absolute atomic E-state index is 13.2. The average Bonchev–Trinajstić information content (AvgIpc) is 2.93. The summed E-state index contributed by atoms with van der Waals surface area (Å²) in [5, 5.41) is 9.97. The lowest BCUT2D eigenvalue weighted by atomic mass is 10.0. The number of carbonyl (C=O) groups is 1. The molecule has 2 heterocycles. The maximum atomic E-state index is 13.2. The topological polar surface area (TPSA) is 82.3 Å². The quantitative estimate of drug-likeness (QED) is 0.356. The van der Waals surface area contributed by atoms with Crippen molar-refractivity contribution in [2.45, 2.75) is 38.8 Å². The molecule has 0 saturated carbocycles. The minimum absolute atomic E-state index is 0.212. The number of para-hydroxylation sites is 2. The summed E-state index contributed by atoms with van der Waals surface area (Å²) in [6.45, 7) is 6.01. The zero-order valence-electron chi connectivity index (χ0n) is 21.4. The lowest BCUT2D eigenvalue weighted by Crippen LogP contribution is -2.47. The van der Waals surface area contributed by atoms with Crippen LogP contribution >= 0.6 is 0 Å². The van der Waals surface area contributed by atoms with E-state index < -0.39 is 23.6 Å². The third-order valence-corrected chi connectivity index (χ3v) is 6.95. The SMILES string of the molecule is CCC(CC)COC(=O)C(C#N)c1nc2ccccc2nc1N1CCN(c2cccc(C(F)(F)F)c2)CC1. The standard InChI is InChI=1S/C28H30F3N5O2/c1-3-19(4-2)18-38-27(37)22(17-32)25-26(34-24-11-6-5-10-23(24)33-25)36-14-12-35(13-15-36)21-9-7-8-20(16-21)28(29,30)31/h5-11,16,19,22H,3-4,12-15,18H2,1-2H3. The molecule has 0 radical (unpaired) electrons. The van der Waals surface area contributed by atoms with Crippen LogP contribution in [0.4, 0.5) is 24.7 Å². The number of nitrogens with zero attached hydrogens (tertiary/aromatic N) is 5. The van der Waals surface area contributed by atoms with Crippen LogP contribution in [-0.2, 0) is 15.7 Å². The van der Waals surface area contributed by atoms with Crippen molar-refractivity contribution >= 4 is 28.5 Å². The Bertz CT molecular complexity index is 1310. The summed E-state index contributed by atoms with van der Waals surface area (Å²) < 4.78 is 45.1. The van der Waals surface area contributed by atoms with E-state index in [-0.39, 0.29) is 18.2 Å². The summed E-state index contributed by atoms with van der Waals surface area (Å²) in [6.07, 6.45) is -2.70. The molecule has 2 aromatic carbocycles. The fraction of sp³-hybridized carbons (Fsp3) is 0.429. The molecule has 4 rings (SSSR count). The number of carbonyl (C=O) groups excluding carboxylic acids is 1. The molecule has 3 aromatic rings. The van der Waals surface area contributed by atoms with Crippen molar-refractivity contribution in [3.05, 3.63) is 59.8 Å². The van der Waals surface area contributed by atoms with E-state index in [9.17, 15) is 23.2 Å². The van der Waals surface area contributed by atoms with Crippen LogP contribution in [0, 0.1) is 17.2 Å². The number of hydrogen-bond donors (Lipinski definition) is 0. The zero-order chi connectivity index (χ0) is 27.3. The van der Waals surface area contributed by atoms with Crippen molar-refractivity contribution in [1.29, 1.82) is 5.26 Å². The number of benzene rings is 2. The number of rotatable bonds is 8. The largest absolute Gasteiger partial charge is 0.464 e. The van der Waals surface area contributed by atoms with Gasteiger partial charge in [0.15, 0.2) is 11.7 Å². The van der Waals surface area contributed by atoms with Crippen LogP contribution in [0.1, 0.15) is 43.9 Å². The van der Waals surface area contributed by atoms with E-state index in [1.54, 1.807) is 24.3 Å². The molecule has 1 aliphatic rings. The molecule has 0 spiro atoms. The molecule has 1 unspecified atom stereocenters. The van der Waals surface area contributed by atoms with E-state index in [0.717, 1.165) is 25.0 Å². The van der Waals surface area contributed by atoms with Gasteiger partial charge in [0.2, 0.25) is 0 Å². The first-order chi connectivity index (χ1) is 18.2. The van der Waals surface area contributed by atoms with Gasteiger partial charge in [-0.05, 0) is 36.2 Å². The van der Waals surface area contributed by atoms with Gasteiger partial charge in [0.25, 0.3) is 0 Å². The van der Waals surface area contributed by atoms with Crippen molar-refractivity contribution in [3.8, 4) is 6.07 Å². The molecule has 7 nitrogen and oxygen atoms in total. The monoisotopic (exact) mass is 525 g/mol. The molecule has 1 fully saturated rings. The Labute approximate surface area is 219 Å². The molecule has 10 heteroatoms. The number of nitriles is 1. The number of fused-ring (bicyclic) bond motifs is 1. The number of ether oxygens (including phenoxy) is 1. The minimum Gasteiger partial charge on any atom is -0.464 e. The fourth-order valence-electron chi connectivity index (χ4n) is 4.52. The summed E-state index contributed by atoms with van der Waals surface area (Å²) >= 11 is 0. The van der Waals surface area contributed by atoms with Crippen LogP contribution in [0.15, 0.2) is 48.5 Å². The average molecular weight is 526 g/mol. The molecule has 1 saturated heterocycles. The third-order valence-electron chi connectivity index (χ3n) is 6.95. The zero-order valence-corrected chi connectivity index (χ0v) is 21.4. The molecular weight excluding hydrogens is 495 g/mol. The first-order valence-corrected chi connectivity index (χ1v) is 12.7. The van der Waals surface area contributed by atoms with Gasteiger partial charge in [-0.15, -0.1) is 0 Å². The van der Waals surface area contributed by atoms with E-state index in [1.807, 2.05) is 29.7 Å². The van der Waals surface area contributed by atoms with Gasteiger partial charge in [-0.1, -0.05) is 44.9 Å². The third kappa shape index (κ3) is 5.98. The van der Waals surface area contributed by atoms with Gasteiger partial charge in [-0.25, -0.2) is 9.97 Å². The number of anilines is 2. The number of aromatic nitrogens is 2. The second-order valence-corrected chi connectivity index (χ2v) is 9.32. The molecule has 200 valence electrons. The second kappa shape index (κ2) is 11.7. The van der Waals surface area contributed by atoms with E-state index >= 15 is 0 Å². The fourth-order valence-corrected chi connectivity index (χ4v) is 4.52. The van der Waals surface area contributed by atoms with Gasteiger partial charge >= 0.3 is 12.1 Å². The van der Waals surface area contributed by atoms with Crippen molar-refractivity contribution in [2.24, 2.45) is 5.92 Å². The number of esters is 1. The van der Waals surface area contributed by atoms with Crippen molar-refractivity contribution < 1.29 is 22.7 Å². The van der Waals surface area contributed by atoms with Crippen LogP contribution < -0.4 is 9.80 Å². The number of halogens is 3. The molecule has 0 amide bonds. The lowest BCUT2D eigenvalue weighted by molar-refractivity contribution is -0.145. The van der Waals surface area contributed by atoms with Gasteiger partial charge < -0.3 is 14.5 Å². The molecule has 0 aliphatic carbocycles. The Hall–Kier alpha value is -3.87. The van der Waals surface area contributed by atoms with E-state index in [1.165, 1.54) is 6.07 Å². The predicted molar refractivity (Wildman–Crippen MR) is 139 cm³/mol. The first-order valence-electron chi connectivity index (χ1n) is 12.7. The highest BCUT2D eigenvalue weighted by molar-refractivity contribution is 5.85. The normalized spacial score (nSPS) is 15.0. The summed E-state index contributed by atoms with van der Waals surface area (Å²) in [5.74, 6) is -1.28. The second-order valence-electron chi connectivity index (χ2n) is 9.32. The summed E-state index contributed by atoms with van der Waals surface area (Å²) in [5.41, 5.74) is 1.21. The lowest BCUT2D eigenvalue weighted by Gasteiger charge is -2.37. The van der Waals surface area contributed by atoms with Crippen LogP contribution in [0.25, 0.3) is 11.0 Å². The van der Waals surface area contributed by atoms with E-state index in [4.69, 9.17) is 9.72 Å². The number of hydrogen-bond acceptors (Lipinski definition) is 7. The van der Waals surface area contributed by atoms with Crippen LogP contribution in [0.2, 0.25) is 0 Å². The summed E-state index contributed by atoms with van der Waals surface area (Å²) in [7, 11) is 0. The van der Waals surface area contributed by atoms with Gasteiger partial charge in [-0.3, -0.25) is 4.79 Å². The van der Waals surface area contributed by atoms with Crippen LogP contribution in [0.3, 0.4) is 0 Å². The number of piperazine rings is 1.